The van der Waals surface area contributed by atoms with Crippen molar-refractivity contribution in [2.75, 3.05) is 0 Å². The molecule has 0 heterocycles. The summed E-state index contributed by atoms with van der Waals surface area (Å²) in [5.41, 5.74) is 3.60. The molecule has 0 amide bonds. The maximum atomic E-state index is 12.7. The number of aryl methyl sites for hydroxylation is 8. The molecule has 1 N–H and O–H groups in total. The van der Waals surface area contributed by atoms with E-state index in [9.17, 15) is 69.9 Å². The van der Waals surface area contributed by atoms with Gasteiger partial charge in [0.1, 0.15) is 11.5 Å². The summed E-state index contributed by atoms with van der Waals surface area (Å²) in [5.74, 6) is -0.0443. The third kappa shape index (κ3) is 15.6. The van der Waals surface area contributed by atoms with Gasteiger partial charge in [0.05, 0.1) is 0 Å². The summed E-state index contributed by atoms with van der Waals surface area (Å²) < 4.78 is 175. The molecule has 0 fully saturated rings. The van der Waals surface area contributed by atoms with E-state index in [1.165, 1.54) is 56.4 Å². The van der Waals surface area contributed by atoms with E-state index in [0.717, 1.165) is 55.4 Å². The van der Waals surface area contributed by atoms with Crippen molar-refractivity contribution in [1.82, 2.24) is 0 Å². The minimum absolute atomic E-state index is 0.324. The zero-order valence-electron chi connectivity index (χ0n) is 45.0. The Morgan fingerprint density at radius 3 is 0.829 bits per heavy atom. The average Bonchev–Trinajstić information content (AvgIpc) is 3.43. The van der Waals surface area contributed by atoms with Crippen molar-refractivity contribution in [1.29, 1.82) is 0 Å². The molecule has 8 rings (SSSR count). The Morgan fingerprint density at radius 2 is 0.561 bits per heavy atom. The Labute approximate surface area is 472 Å². The number of phenolic OH excluding ortho intramolecular Hbond substituents is 1. The van der Waals surface area contributed by atoms with Crippen LogP contribution < -0.4 is 26.0 Å². The molecule has 0 saturated heterocycles. The van der Waals surface area contributed by atoms with Crippen LogP contribution in [0.2, 0.25) is 0 Å². The molecule has 0 aromatic heterocycles. The minimum atomic E-state index is -6.85. The van der Waals surface area contributed by atoms with Gasteiger partial charge in [0, 0.05) is 0 Å². The number of halogens is 9. The van der Waals surface area contributed by atoms with Gasteiger partial charge in [-0.25, -0.2) is 0 Å². The first-order valence-electron chi connectivity index (χ1n) is 24.5. The molecule has 8 aromatic rings. The molecule has 0 bridgehead atoms. The van der Waals surface area contributed by atoms with Gasteiger partial charge < -0.3 is 9.29 Å². The van der Waals surface area contributed by atoms with Crippen LogP contribution in [0.3, 0.4) is 0 Å². The van der Waals surface area contributed by atoms with Crippen LogP contribution in [0.4, 0.5) is 39.5 Å². The van der Waals surface area contributed by atoms with Gasteiger partial charge in [0.25, 0.3) is 0 Å². The standard InChI is InChI=1S/C29H25BF3O3S.C28H26BO.C2F6O5S2/c1-18-14-25(24-12-10-23(11-13-24)22-8-6-5-7-9-22)15-19(2)27(18)30-28-20(3)16-26(17-21(28)4)36-37(34,35)29(31,32)33;1-18-14-25(24-12-10-23(11-13-24)22-8-6-5-7-9-22)15-19(2)27(18)29-28-20(3)16-26(30)17-21(28)4;3-1(4,5)14(9,10)13-15(11,12)2(6,7)8/h5-17H,1-4H3;5-17,30H,1-4H3;. The van der Waals surface area contributed by atoms with Crippen LogP contribution in [-0.4, -0.2) is 61.4 Å². The van der Waals surface area contributed by atoms with Crippen molar-refractivity contribution in [2.45, 2.75) is 71.9 Å². The van der Waals surface area contributed by atoms with Crippen LogP contribution in [0.5, 0.6) is 11.5 Å². The minimum Gasteiger partial charge on any atom is -0.508 e. The zero-order chi connectivity index (χ0) is 60.9. The molecular weight excluding hydrogens is 1140 g/mol. The summed E-state index contributed by atoms with van der Waals surface area (Å²) in [6, 6.07) is 52.8. The molecule has 0 atom stereocenters. The normalized spacial score (nSPS) is 12.1. The zero-order valence-corrected chi connectivity index (χ0v) is 47.5. The van der Waals surface area contributed by atoms with Crippen LogP contribution in [0.15, 0.2) is 158 Å². The van der Waals surface area contributed by atoms with Gasteiger partial charge in [-0.3, -0.25) is 0 Å². The summed E-state index contributed by atoms with van der Waals surface area (Å²) in [6.45, 7) is 15.9. The second-order valence-electron chi connectivity index (χ2n) is 19.0. The molecule has 9 nitrogen and oxygen atoms in total. The Bertz CT molecular complexity index is 3820. The van der Waals surface area contributed by atoms with Crippen molar-refractivity contribution < 1.29 is 77.7 Å². The van der Waals surface area contributed by atoms with E-state index in [0.29, 0.717) is 16.9 Å². The lowest BCUT2D eigenvalue weighted by molar-refractivity contribution is -0.0586. The van der Waals surface area contributed by atoms with Crippen LogP contribution in [0.25, 0.3) is 44.5 Å². The van der Waals surface area contributed by atoms with Gasteiger partial charge in [0.2, 0.25) is 0 Å². The molecule has 0 aliphatic carbocycles. The molecule has 0 aliphatic heterocycles. The van der Waals surface area contributed by atoms with Gasteiger partial charge in [-0.05, 0) is 124 Å². The fourth-order valence-electron chi connectivity index (χ4n) is 8.76. The van der Waals surface area contributed by atoms with E-state index < -0.39 is 46.9 Å². The van der Waals surface area contributed by atoms with Crippen molar-refractivity contribution in [3.63, 3.8) is 0 Å². The average molecular weight is 1190 g/mol. The molecule has 2 radical (unpaired) electrons. The van der Waals surface area contributed by atoms with E-state index >= 15 is 0 Å². The van der Waals surface area contributed by atoms with E-state index in [1.54, 1.807) is 13.8 Å². The Balaban J connectivity index is 0.000000215. The molecule has 8 aromatic carbocycles. The highest BCUT2D eigenvalue weighted by Crippen LogP contribution is 2.33. The maximum Gasteiger partial charge on any atom is 0.534 e. The van der Waals surface area contributed by atoms with E-state index in [-0.39, 0.29) is 5.75 Å². The lowest BCUT2D eigenvalue weighted by atomic mass is 9.58. The molecule has 0 saturated carbocycles. The third-order valence-electron chi connectivity index (χ3n) is 12.8. The van der Waals surface area contributed by atoms with Crippen molar-refractivity contribution in [3.05, 3.63) is 202 Å². The SMILES string of the molecule is Cc1cc(O)cc(C)c1[B]c1c(C)cc(-c2ccc(-c3ccccc3)cc2)cc1C.Cc1cc(OS(=O)(=O)C(F)(F)F)cc(C)c1[B]c1c(C)cc(-c2ccc(-c3ccccc3)cc2)cc1C.O=S(=O)(OS(=O)(=O)C(F)(F)F)C(F)(F)F. The van der Waals surface area contributed by atoms with Gasteiger partial charge in [-0.2, -0.15) is 64.8 Å². The predicted octanol–water partition coefficient (Wildman–Crippen LogP) is 12.5. The largest absolute Gasteiger partial charge is 0.534 e. The van der Waals surface area contributed by atoms with Crippen molar-refractivity contribution in [2.24, 2.45) is 0 Å². The summed E-state index contributed by atoms with van der Waals surface area (Å²) >= 11 is 0. The van der Waals surface area contributed by atoms with Crippen LogP contribution in [0.1, 0.15) is 44.5 Å². The second kappa shape index (κ2) is 25.0. The first-order valence-corrected chi connectivity index (χ1v) is 28.7. The lowest BCUT2D eigenvalue weighted by Crippen LogP contribution is -2.35. The van der Waals surface area contributed by atoms with Gasteiger partial charge in [0.15, 0.2) is 14.6 Å². The number of benzene rings is 8. The molecule has 0 spiro atoms. The number of rotatable bonds is 12. The number of hydrogen-bond acceptors (Lipinski definition) is 9. The smallest absolute Gasteiger partial charge is 0.508 e. The van der Waals surface area contributed by atoms with Gasteiger partial charge in [-0.15, -0.1) is 3.63 Å². The van der Waals surface area contributed by atoms with Crippen LogP contribution >= 0.6 is 0 Å². The molecule has 23 heteroatoms. The highest BCUT2D eigenvalue weighted by molar-refractivity contribution is 8.00. The first-order chi connectivity index (χ1) is 38.0. The number of phenols is 1. The van der Waals surface area contributed by atoms with Gasteiger partial charge >= 0.3 is 46.9 Å². The summed E-state index contributed by atoms with van der Waals surface area (Å²) in [6.07, 6.45) is 0. The molecule has 82 heavy (non-hydrogen) atoms. The predicted molar refractivity (Wildman–Crippen MR) is 304 cm³/mol. The Kier molecular flexibility index (Phi) is 19.5. The summed E-state index contributed by atoms with van der Waals surface area (Å²) in [7, 11) is -15.2. The molecule has 0 aliphatic rings. The monoisotopic (exact) mass is 1190 g/mol. The highest BCUT2D eigenvalue weighted by Gasteiger charge is 2.57. The van der Waals surface area contributed by atoms with Crippen LogP contribution in [-0.2, 0) is 34.0 Å². The summed E-state index contributed by atoms with van der Waals surface area (Å²) in [4.78, 5) is 0. The quantitative estimate of drug-likeness (QED) is 0.0548. The number of alkyl halides is 9. The molecule has 428 valence electrons. The fourth-order valence-corrected chi connectivity index (χ4v) is 10.8. The Hall–Kier alpha value is -7.33. The van der Waals surface area contributed by atoms with Gasteiger partial charge in [-0.1, -0.05) is 200 Å². The number of hydrogen-bond donors (Lipinski definition) is 1. The van der Waals surface area contributed by atoms with Crippen LogP contribution in [0, 0.1) is 55.4 Å². The molecular formula is C59H51B2F9O9S3. The summed E-state index contributed by atoms with van der Waals surface area (Å²) in [5, 5.41) is 9.83. The second-order valence-corrected chi connectivity index (χ2v) is 23.9. The fraction of sp³-hybridized carbons (Fsp3) is 0.186. The van der Waals surface area contributed by atoms with Crippen molar-refractivity contribution >= 4 is 66.8 Å². The Morgan fingerprint density at radius 1 is 0.329 bits per heavy atom. The van der Waals surface area contributed by atoms with Crippen molar-refractivity contribution in [3.8, 4) is 56.0 Å². The van der Waals surface area contributed by atoms with E-state index in [1.807, 2.05) is 75.0 Å². The first kappa shape index (κ1) is 63.8. The number of aromatic hydroxyl groups is 1. The van der Waals surface area contributed by atoms with E-state index in [4.69, 9.17) is 0 Å². The topological polar surface area (TPSA) is 141 Å². The lowest BCUT2D eigenvalue weighted by Gasteiger charge is -2.17. The molecule has 0 unspecified atom stereocenters. The highest BCUT2D eigenvalue weighted by atomic mass is 32.3. The van der Waals surface area contributed by atoms with E-state index in [2.05, 4.69) is 135 Å². The maximum absolute atomic E-state index is 12.7. The third-order valence-corrected chi connectivity index (χ3v) is 16.3.